The molecule has 2 N–H and O–H groups in total. The van der Waals surface area contributed by atoms with E-state index in [1.807, 2.05) is 12.1 Å². The Hall–Kier alpha value is -2.21. The highest BCUT2D eigenvalue weighted by atomic mass is 16.5. The maximum Gasteiger partial charge on any atom is 0.292 e. The Kier molecular flexibility index (Phi) is 2.96. The van der Waals surface area contributed by atoms with Crippen LogP contribution in [0.2, 0.25) is 0 Å². The molecule has 4 rings (SSSR count). The lowest BCUT2D eigenvalue weighted by molar-refractivity contribution is 0.0937. The molecule has 2 aliphatic rings. The average molecular weight is 284 g/mol. The van der Waals surface area contributed by atoms with E-state index >= 15 is 0 Å². The van der Waals surface area contributed by atoms with Gasteiger partial charge >= 0.3 is 0 Å². The van der Waals surface area contributed by atoms with Gasteiger partial charge in [0.05, 0.1) is 6.04 Å². The van der Waals surface area contributed by atoms with E-state index in [0.29, 0.717) is 11.9 Å². The third-order valence-electron chi connectivity index (χ3n) is 3.94. The van der Waals surface area contributed by atoms with Gasteiger partial charge in [0.15, 0.2) is 0 Å². The number of carbonyl (C=O) groups is 1. The fourth-order valence-corrected chi connectivity index (χ4v) is 2.58. The fourth-order valence-electron chi connectivity index (χ4n) is 2.58. The number of hydrogen-bond acceptors (Lipinski definition) is 5. The van der Waals surface area contributed by atoms with Gasteiger partial charge in [0.25, 0.3) is 11.7 Å². The largest absolute Gasteiger partial charge is 0.346 e. The van der Waals surface area contributed by atoms with Crippen LogP contribution in [0.4, 0.5) is 0 Å². The zero-order valence-corrected chi connectivity index (χ0v) is 11.5. The molecule has 108 valence electrons. The van der Waals surface area contributed by atoms with Crippen LogP contribution in [0.15, 0.2) is 28.8 Å². The lowest BCUT2D eigenvalue weighted by Crippen LogP contribution is -2.29. The average Bonchev–Trinajstić information content (AvgIpc) is 3.18. The highest BCUT2D eigenvalue weighted by Crippen LogP contribution is 2.25. The van der Waals surface area contributed by atoms with Crippen molar-refractivity contribution >= 4 is 5.91 Å². The highest BCUT2D eigenvalue weighted by Gasteiger charge is 2.28. The van der Waals surface area contributed by atoms with Crippen LogP contribution in [0.25, 0.3) is 0 Å². The predicted octanol–water partition coefficient (Wildman–Crippen LogP) is 1.35. The molecule has 0 saturated heterocycles. The summed E-state index contributed by atoms with van der Waals surface area (Å²) in [6.45, 7) is 0.771. The van der Waals surface area contributed by atoms with E-state index < -0.39 is 0 Å². The molecule has 0 spiro atoms. The van der Waals surface area contributed by atoms with Crippen molar-refractivity contribution in [1.82, 2.24) is 20.8 Å². The van der Waals surface area contributed by atoms with Crippen molar-refractivity contribution in [2.24, 2.45) is 0 Å². The lowest BCUT2D eigenvalue weighted by Gasteiger charge is -2.23. The second kappa shape index (κ2) is 4.96. The molecule has 1 aliphatic carbocycles. The molecule has 2 aromatic rings. The van der Waals surface area contributed by atoms with Gasteiger partial charge in [-0.1, -0.05) is 29.4 Å². The Morgan fingerprint density at radius 3 is 2.90 bits per heavy atom. The van der Waals surface area contributed by atoms with Crippen LogP contribution >= 0.6 is 0 Å². The van der Waals surface area contributed by atoms with Gasteiger partial charge in [-0.05, 0) is 30.4 Å². The van der Waals surface area contributed by atoms with Crippen LogP contribution in [-0.4, -0.2) is 22.1 Å². The van der Waals surface area contributed by atoms with Gasteiger partial charge in [-0.3, -0.25) is 4.79 Å². The van der Waals surface area contributed by atoms with Gasteiger partial charge in [-0.15, -0.1) is 0 Å². The maximum absolute atomic E-state index is 11.9. The van der Waals surface area contributed by atoms with Crippen molar-refractivity contribution < 1.29 is 9.32 Å². The van der Waals surface area contributed by atoms with Crippen LogP contribution in [0.3, 0.4) is 0 Å². The van der Waals surface area contributed by atoms with E-state index in [2.05, 4.69) is 32.9 Å². The van der Waals surface area contributed by atoms with Crippen molar-refractivity contribution in [1.29, 1.82) is 0 Å². The van der Waals surface area contributed by atoms with Gasteiger partial charge in [0, 0.05) is 12.6 Å². The number of nitrogens with one attached hydrogen (secondary N) is 2. The summed E-state index contributed by atoms with van der Waals surface area (Å²) < 4.78 is 5.26. The number of rotatable bonds is 3. The lowest BCUT2D eigenvalue weighted by atomic mass is 9.96. The minimum atomic E-state index is -0.247. The van der Waals surface area contributed by atoms with Gasteiger partial charge in [-0.2, -0.15) is 4.98 Å². The molecule has 0 radical (unpaired) electrons. The summed E-state index contributed by atoms with van der Waals surface area (Å²) in [5.74, 6) is 0.353. The molecule has 6 heteroatoms. The zero-order valence-electron chi connectivity index (χ0n) is 11.5. The molecule has 21 heavy (non-hydrogen) atoms. The van der Waals surface area contributed by atoms with Crippen molar-refractivity contribution in [3.05, 3.63) is 47.1 Å². The van der Waals surface area contributed by atoms with E-state index in [1.165, 1.54) is 11.1 Å². The standard InChI is InChI=1S/C15H16N4O2/c20-14(17-11-5-6-11)13-18-15(21-19-13)12-7-9-3-1-2-4-10(9)8-16-12/h1-4,11-12,16H,5-8H2,(H,17,20)/t12-/m1/s1. The van der Waals surface area contributed by atoms with Gasteiger partial charge in [-0.25, -0.2) is 0 Å². The molecule has 6 nitrogen and oxygen atoms in total. The third-order valence-corrected chi connectivity index (χ3v) is 3.94. The SMILES string of the molecule is O=C(NC1CC1)c1noc([C@H]2Cc3ccccc3CN2)n1. The molecule has 0 unspecified atom stereocenters. The predicted molar refractivity (Wildman–Crippen MR) is 74.5 cm³/mol. The van der Waals surface area contributed by atoms with E-state index in [9.17, 15) is 4.79 Å². The number of carbonyl (C=O) groups excluding carboxylic acids is 1. The first kappa shape index (κ1) is 12.5. The van der Waals surface area contributed by atoms with Crippen molar-refractivity contribution in [2.45, 2.75) is 37.9 Å². The second-order valence-corrected chi connectivity index (χ2v) is 5.61. The topological polar surface area (TPSA) is 80.0 Å². The normalized spacial score (nSPS) is 20.9. The van der Waals surface area contributed by atoms with E-state index in [4.69, 9.17) is 4.52 Å². The molecule has 1 fully saturated rings. The maximum atomic E-state index is 11.9. The van der Waals surface area contributed by atoms with Crippen LogP contribution in [-0.2, 0) is 13.0 Å². The van der Waals surface area contributed by atoms with E-state index in [1.54, 1.807) is 0 Å². The summed E-state index contributed by atoms with van der Waals surface area (Å²) in [6.07, 6.45) is 2.87. The number of benzene rings is 1. The first-order valence-electron chi connectivity index (χ1n) is 7.24. The van der Waals surface area contributed by atoms with Crippen LogP contribution < -0.4 is 10.6 Å². The minimum Gasteiger partial charge on any atom is -0.346 e. The summed E-state index contributed by atoms with van der Waals surface area (Å²) >= 11 is 0. The monoisotopic (exact) mass is 284 g/mol. The number of hydrogen-bond donors (Lipinski definition) is 2. The molecule has 1 atom stereocenters. The molecule has 1 amide bonds. The summed E-state index contributed by atoms with van der Waals surface area (Å²) in [4.78, 5) is 16.1. The van der Waals surface area contributed by atoms with Crippen LogP contribution in [0.5, 0.6) is 0 Å². The van der Waals surface area contributed by atoms with E-state index in [-0.39, 0.29) is 17.8 Å². The Morgan fingerprint density at radius 1 is 1.29 bits per heavy atom. The van der Waals surface area contributed by atoms with E-state index in [0.717, 1.165) is 25.8 Å². The van der Waals surface area contributed by atoms with Crippen molar-refractivity contribution in [3.63, 3.8) is 0 Å². The van der Waals surface area contributed by atoms with Crippen molar-refractivity contribution in [3.8, 4) is 0 Å². The van der Waals surface area contributed by atoms with Gasteiger partial charge in [0.1, 0.15) is 0 Å². The number of nitrogens with zero attached hydrogens (tertiary/aromatic N) is 2. The Labute approximate surface area is 121 Å². The Morgan fingerprint density at radius 2 is 2.10 bits per heavy atom. The second-order valence-electron chi connectivity index (χ2n) is 5.61. The van der Waals surface area contributed by atoms with Crippen molar-refractivity contribution in [2.75, 3.05) is 0 Å². The molecular formula is C15H16N4O2. The Balaban J connectivity index is 1.50. The van der Waals surface area contributed by atoms with Gasteiger partial charge in [0.2, 0.25) is 5.89 Å². The molecular weight excluding hydrogens is 268 g/mol. The Bertz CT molecular complexity index is 678. The van der Waals surface area contributed by atoms with Crippen LogP contribution in [0.1, 0.15) is 46.5 Å². The summed E-state index contributed by atoms with van der Waals surface area (Å²) in [5, 5.41) is 10.0. The summed E-state index contributed by atoms with van der Waals surface area (Å²) in [5.41, 5.74) is 2.57. The summed E-state index contributed by atoms with van der Waals surface area (Å²) in [7, 11) is 0. The zero-order chi connectivity index (χ0) is 14.2. The smallest absolute Gasteiger partial charge is 0.292 e. The van der Waals surface area contributed by atoms with Gasteiger partial charge < -0.3 is 15.2 Å². The molecule has 2 heterocycles. The number of amides is 1. The first-order chi connectivity index (χ1) is 10.3. The third kappa shape index (κ3) is 2.54. The highest BCUT2D eigenvalue weighted by molar-refractivity contribution is 5.90. The minimum absolute atomic E-state index is 0.0325. The quantitative estimate of drug-likeness (QED) is 0.889. The number of fused-ring (bicyclic) bond motifs is 1. The molecule has 1 aromatic carbocycles. The number of aromatic nitrogens is 2. The van der Waals surface area contributed by atoms with Crippen LogP contribution in [0, 0.1) is 0 Å². The molecule has 0 bridgehead atoms. The molecule has 1 aromatic heterocycles. The molecule has 1 aliphatic heterocycles. The summed E-state index contributed by atoms with van der Waals surface area (Å²) in [6, 6.07) is 8.55. The molecule has 1 saturated carbocycles. The fraction of sp³-hybridized carbons (Fsp3) is 0.400. The first-order valence-corrected chi connectivity index (χ1v) is 7.24.